The van der Waals surface area contributed by atoms with Gasteiger partial charge < -0.3 is 19.9 Å². The van der Waals surface area contributed by atoms with Crippen LogP contribution in [0.25, 0.3) is 11.5 Å². The minimum Gasteiger partial charge on any atom is -0.398 e. The van der Waals surface area contributed by atoms with Crippen molar-refractivity contribution < 1.29 is 9.26 Å². The van der Waals surface area contributed by atoms with Crippen LogP contribution in [-0.4, -0.2) is 36.4 Å². The highest BCUT2D eigenvalue weighted by atomic mass is 16.5. The highest BCUT2D eigenvalue weighted by molar-refractivity contribution is 5.67. The zero-order valence-electron chi connectivity index (χ0n) is 10.8. The number of ether oxygens (including phenoxy) is 1. The summed E-state index contributed by atoms with van der Waals surface area (Å²) in [5.74, 6) is 1.12. The first-order chi connectivity index (χ1) is 9.25. The Labute approximate surface area is 111 Å². The maximum atomic E-state index is 5.89. The van der Waals surface area contributed by atoms with Crippen LogP contribution >= 0.6 is 0 Å². The van der Waals surface area contributed by atoms with Gasteiger partial charge in [-0.2, -0.15) is 4.98 Å². The molecule has 6 nitrogen and oxygen atoms in total. The molecule has 1 aromatic heterocycles. The predicted octanol–water partition coefficient (Wildman–Crippen LogP) is 1.46. The molecule has 1 aliphatic heterocycles. The molecule has 1 aromatic carbocycles. The molecule has 0 radical (unpaired) electrons. The van der Waals surface area contributed by atoms with Gasteiger partial charge in [-0.15, -0.1) is 0 Å². The van der Waals surface area contributed by atoms with Crippen molar-refractivity contribution in [2.45, 2.75) is 6.92 Å². The van der Waals surface area contributed by atoms with Gasteiger partial charge in [-0.05, 0) is 29.8 Å². The second kappa shape index (κ2) is 4.89. The Morgan fingerprint density at radius 3 is 2.84 bits per heavy atom. The molecule has 0 amide bonds. The van der Waals surface area contributed by atoms with Crippen LogP contribution in [-0.2, 0) is 4.74 Å². The fraction of sp³-hybridized carbons (Fsp3) is 0.385. The van der Waals surface area contributed by atoms with E-state index in [0.29, 0.717) is 25.1 Å². The summed E-state index contributed by atoms with van der Waals surface area (Å²) >= 11 is 0. The topological polar surface area (TPSA) is 77.4 Å². The van der Waals surface area contributed by atoms with Crippen LogP contribution in [0, 0.1) is 6.92 Å². The SMILES string of the molecule is Cc1c(N)cccc1-c1nc(N2CCOCC2)no1. The molecule has 0 aliphatic carbocycles. The molecule has 3 rings (SSSR count). The van der Waals surface area contributed by atoms with Crippen LogP contribution in [0.15, 0.2) is 22.7 Å². The molecule has 2 aromatic rings. The third-order valence-corrected chi connectivity index (χ3v) is 3.32. The number of rotatable bonds is 2. The fourth-order valence-electron chi connectivity index (χ4n) is 2.10. The number of hydrogen-bond acceptors (Lipinski definition) is 6. The number of nitrogens with zero attached hydrogens (tertiary/aromatic N) is 3. The summed E-state index contributed by atoms with van der Waals surface area (Å²) in [6.45, 7) is 4.91. The first kappa shape index (κ1) is 12.0. The van der Waals surface area contributed by atoms with Crippen molar-refractivity contribution in [3.05, 3.63) is 23.8 Å². The predicted molar refractivity (Wildman–Crippen MR) is 71.9 cm³/mol. The van der Waals surface area contributed by atoms with Gasteiger partial charge in [0.2, 0.25) is 0 Å². The molecule has 2 N–H and O–H groups in total. The number of benzene rings is 1. The minimum atomic E-state index is 0.506. The lowest BCUT2D eigenvalue weighted by molar-refractivity contribution is 0.121. The van der Waals surface area contributed by atoms with E-state index in [0.717, 1.165) is 29.9 Å². The van der Waals surface area contributed by atoms with Gasteiger partial charge in [-0.1, -0.05) is 6.07 Å². The van der Waals surface area contributed by atoms with E-state index in [4.69, 9.17) is 15.0 Å². The average Bonchev–Trinajstić information content (AvgIpc) is 2.92. The maximum absolute atomic E-state index is 5.89. The van der Waals surface area contributed by atoms with Crippen LogP contribution in [0.2, 0.25) is 0 Å². The molecular weight excluding hydrogens is 244 g/mol. The Bertz CT molecular complexity index is 576. The molecule has 0 saturated carbocycles. The second-order valence-corrected chi connectivity index (χ2v) is 4.52. The van der Waals surface area contributed by atoms with Crippen LogP contribution < -0.4 is 10.6 Å². The van der Waals surface area contributed by atoms with E-state index in [1.807, 2.05) is 25.1 Å². The summed E-state index contributed by atoms with van der Waals surface area (Å²) in [7, 11) is 0. The van der Waals surface area contributed by atoms with Gasteiger partial charge in [0.15, 0.2) is 0 Å². The van der Waals surface area contributed by atoms with Crippen LogP contribution in [0.1, 0.15) is 5.56 Å². The van der Waals surface area contributed by atoms with Crippen LogP contribution in [0.5, 0.6) is 0 Å². The number of aromatic nitrogens is 2. The summed E-state index contributed by atoms with van der Waals surface area (Å²) in [5.41, 5.74) is 8.46. The van der Waals surface area contributed by atoms with E-state index in [1.54, 1.807) is 0 Å². The van der Waals surface area contributed by atoms with Gasteiger partial charge >= 0.3 is 0 Å². The lowest BCUT2D eigenvalue weighted by atomic mass is 10.1. The summed E-state index contributed by atoms with van der Waals surface area (Å²) in [4.78, 5) is 6.50. The summed E-state index contributed by atoms with van der Waals surface area (Å²) < 4.78 is 10.6. The molecule has 1 fully saturated rings. The number of nitrogens with two attached hydrogens (primary N) is 1. The Morgan fingerprint density at radius 1 is 1.26 bits per heavy atom. The van der Waals surface area contributed by atoms with Gasteiger partial charge in [0.1, 0.15) is 0 Å². The molecule has 2 heterocycles. The Hall–Kier alpha value is -2.08. The molecule has 100 valence electrons. The number of hydrogen-bond donors (Lipinski definition) is 1. The number of anilines is 2. The number of nitrogen functional groups attached to an aromatic ring is 1. The quantitative estimate of drug-likeness (QED) is 0.824. The molecule has 0 spiro atoms. The molecular formula is C13H16N4O2. The van der Waals surface area contributed by atoms with Gasteiger partial charge in [0, 0.05) is 24.3 Å². The van der Waals surface area contributed by atoms with Crippen molar-refractivity contribution in [1.29, 1.82) is 0 Å². The van der Waals surface area contributed by atoms with Gasteiger partial charge in [-0.3, -0.25) is 0 Å². The Balaban J connectivity index is 1.90. The summed E-state index contributed by atoms with van der Waals surface area (Å²) in [5, 5.41) is 4.03. The standard InChI is InChI=1S/C13H16N4O2/c1-9-10(3-2-4-11(9)14)12-15-13(16-19-12)17-5-7-18-8-6-17/h2-4H,5-8,14H2,1H3. The van der Waals surface area contributed by atoms with Gasteiger partial charge in [0.05, 0.1) is 13.2 Å². The van der Waals surface area contributed by atoms with E-state index in [1.165, 1.54) is 0 Å². The first-order valence-electron chi connectivity index (χ1n) is 6.27. The summed E-state index contributed by atoms with van der Waals surface area (Å²) in [6.07, 6.45) is 0. The van der Waals surface area contributed by atoms with Gasteiger partial charge in [-0.25, -0.2) is 0 Å². The average molecular weight is 260 g/mol. The van der Waals surface area contributed by atoms with Crippen LogP contribution in [0.3, 0.4) is 0 Å². The molecule has 1 saturated heterocycles. The third-order valence-electron chi connectivity index (χ3n) is 3.32. The van der Waals surface area contributed by atoms with Crippen molar-refractivity contribution in [2.75, 3.05) is 36.9 Å². The fourth-order valence-corrected chi connectivity index (χ4v) is 2.10. The largest absolute Gasteiger partial charge is 0.398 e. The normalized spacial score (nSPS) is 15.7. The van der Waals surface area contributed by atoms with E-state index < -0.39 is 0 Å². The third kappa shape index (κ3) is 2.26. The lowest BCUT2D eigenvalue weighted by Gasteiger charge is -2.24. The number of morpholine rings is 1. The van der Waals surface area contributed by atoms with E-state index >= 15 is 0 Å². The molecule has 0 unspecified atom stereocenters. The molecule has 19 heavy (non-hydrogen) atoms. The van der Waals surface area contributed by atoms with E-state index in [9.17, 15) is 0 Å². The Morgan fingerprint density at radius 2 is 2.05 bits per heavy atom. The minimum absolute atomic E-state index is 0.506. The first-order valence-corrected chi connectivity index (χ1v) is 6.27. The van der Waals surface area contributed by atoms with Crippen molar-refractivity contribution in [3.63, 3.8) is 0 Å². The van der Waals surface area contributed by atoms with Gasteiger partial charge in [0.25, 0.3) is 11.8 Å². The highest BCUT2D eigenvalue weighted by Crippen LogP contribution is 2.27. The lowest BCUT2D eigenvalue weighted by Crippen LogP contribution is -2.36. The van der Waals surface area contributed by atoms with Crippen LogP contribution in [0.4, 0.5) is 11.6 Å². The van der Waals surface area contributed by atoms with Crippen molar-refractivity contribution >= 4 is 11.6 Å². The van der Waals surface area contributed by atoms with Crippen molar-refractivity contribution in [2.24, 2.45) is 0 Å². The monoisotopic (exact) mass is 260 g/mol. The zero-order valence-corrected chi connectivity index (χ0v) is 10.8. The highest BCUT2D eigenvalue weighted by Gasteiger charge is 2.18. The molecule has 6 heteroatoms. The van der Waals surface area contributed by atoms with Crippen molar-refractivity contribution in [3.8, 4) is 11.5 Å². The molecule has 0 bridgehead atoms. The van der Waals surface area contributed by atoms with E-state index in [-0.39, 0.29) is 0 Å². The van der Waals surface area contributed by atoms with Crippen molar-refractivity contribution in [1.82, 2.24) is 10.1 Å². The molecule has 0 atom stereocenters. The molecule has 1 aliphatic rings. The smallest absolute Gasteiger partial charge is 0.266 e. The van der Waals surface area contributed by atoms with E-state index in [2.05, 4.69) is 15.0 Å². The maximum Gasteiger partial charge on any atom is 0.266 e. The summed E-state index contributed by atoms with van der Waals surface area (Å²) in [6, 6.07) is 5.68. The second-order valence-electron chi connectivity index (χ2n) is 4.52. The zero-order chi connectivity index (χ0) is 13.2. The Kier molecular flexibility index (Phi) is 3.08.